The van der Waals surface area contributed by atoms with Crippen molar-refractivity contribution >= 4 is 5.97 Å². The first-order chi connectivity index (χ1) is 13.4. The first-order valence-corrected chi connectivity index (χ1v) is 11.9. The fourth-order valence-corrected chi connectivity index (χ4v) is 5.83. The van der Waals surface area contributed by atoms with Crippen molar-refractivity contribution in [3.63, 3.8) is 0 Å². The maximum Gasteiger partial charge on any atom is 0.303 e. The molecule has 0 spiro atoms. The van der Waals surface area contributed by atoms with Crippen molar-refractivity contribution in [2.75, 3.05) is 0 Å². The number of allylic oxidation sites excluding steroid dienone is 2. The van der Waals surface area contributed by atoms with Crippen LogP contribution in [0.3, 0.4) is 0 Å². The van der Waals surface area contributed by atoms with E-state index in [1.165, 1.54) is 32.1 Å². The van der Waals surface area contributed by atoms with Gasteiger partial charge in [0.1, 0.15) is 0 Å². The lowest BCUT2D eigenvalue weighted by Crippen LogP contribution is -2.55. The molecule has 0 heterocycles. The van der Waals surface area contributed by atoms with Crippen LogP contribution in [0.4, 0.5) is 0 Å². The molecule has 3 aliphatic carbocycles. The van der Waals surface area contributed by atoms with Crippen LogP contribution in [-0.2, 0) is 4.79 Å². The highest BCUT2D eigenvalue weighted by molar-refractivity contribution is 5.66. The number of aliphatic hydroxyl groups is 1. The summed E-state index contributed by atoms with van der Waals surface area (Å²) in [5.41, 5.74) is 0.496. The number of aliphatic hydroxyl groups excluding tert-OH is 1. The Morgan fingerprint density at radius 2 is 1.89 bits per heavy atom. The summed E-state index contributed by atoms with van der Waals surface area (Å²) in [6.07, 6.45) is 18.2. The van der Waals surface area contributed by atoms with E-state index in [9.17, 15) is 9.90 Å². The molecule has 3 aliphatic rings. The van der Waals surface area contributed by atoms with Gasteiger partial charge in [-0.2, -0.15) is 0 Å². The molecule has 1 unspecified atom stereocenters. The number of carbonyl (C=O) groups is 1. The molecule has 0 aromatic rings. The molecule has 3 heteroatoms. The Labute approximate surface area is 173 Å². The molecule has 0 aliphatic heterocycles. The van der Waals surface area contributed by atoms with Crippen molar-refractivity contribution in [2.24, 2.45) is 29.1 Å². The number of rotatable bonds is 14. The van der Waals surface area contributed by atoms with Crippen LogP contribution in [0.1, 0.15) is 104 Å². The monoisotopic (exact) mass is 392 g/mol. The number of fused-ring (bicyclic) bond motifs is 2. The summed E-state index contributed by atoms with van der Waals surface area (Å²) in [4.78, 5) is 10.6. The number of unbranched alkanes of at least 4 members (excludes halogenated alkanes) is 4. The van der Waals surface area contributed by atoms with Gasteiger partial charge in [0.15, 0.2) is 0 Å². The van der Waals surface area contributed by atoms with Gasteiger partial charge in [0.25, 0.3) is 0 Å². The van der Waals surface area contributed by atoms with Crippen LogP contribution in [0.5, 0.6) is 0 Å². The topological polar surface area (TPSA) is 57.5 Å². The summed E-state index contributed by atoms with van der Waals surface area (Å²) in [6, 6.07) is 0. The summed E-state index contributed by atoms with van der Waals surface area (Å²) >= 11 is 0. The van der Waals surface area contributed by atoms with Gasteiger partial charge in [-0.25, -0.2) is 0 Å². The number of carboxylic acid groups (broad SMARTS) is 1. The predicted molar refractivity (Wildman–Crippen MR) is 116 cm³/mol. The molecular formula is C25H44O3. The van der Waals surface area contributed by atoms with Crippen molar-refractivity contribution in [3.8, 4) is 0 Å². The predicted octanol–water partition coefficient (Wildman–Crippen LogP) is 6.60. The molecule has 28 heavy (non-hydrogen) atoms. The normalized spacial score (nSPS) is 29.6. The van der Waals surface area contributed by atoms with E-state index >= 15 is 0 Å². The second-order valence-electron chi connectivity index (χ2n) is 10.1. The molecule has 3 nitrogen and oxygen atoms in total. The largest absolute Gasteiger partial charge is 0.481 e. The molecule has 0 saturated heterocycles. The van der Waals surface area contributed by atoms with Gasteiger partial charge in [0, 0.05) is 6.42 Å². The molecule has 162 valence electrons. The zero-order valence-electron chi connectivity index (χ0n) is 18.5. The average Bonchev–Trinajstić information content (AvgIpc) is 2.65. The number of hydrogen-bond donors (Lipinski definition) is 2. The van der Waals surface area contributed by atoms with Crippen molar-refractivity contribution in [2.45, 2.75) is 110 Å². The Balaban J connectivity index is 1.78. The molecule has 2 bridgehead atoms. The Kier molecular flexibility index (Phi) is 9.53. The highest BCUT2D eigenvalue weighted by atomic mass is 16.4. The van der Waals surface area contributed by atoms with Crippen LogP contribution in [0.2, 0.25) is 0 Å². The van der Waals surface area contributed by atoms with Gasteiger partial charge in [0.2, 0.25) is 0 Å². The van der Waals surface area contributed by atoms with Gasteiger partial charge in [-0.1, -0.05) is 52.2 Å². The minimum absolute atomic E-state index is 0.108. The average molecular weight is 393 g/mol. The van der Waals surface area contributed by atoms with Gasteiger partial charge in [-0.15, -0.1) is 0 Å². The fourth-order valence-electron chi connectivity index (χ4n) is 5.83. The van der Waals surface area contributed by atoms with Gasteiger partial charge < -0.3 is 10.2 Å². The molecule has 0 aromatic heterocycles. The van der Waals surface area contributed by atoms with Crippen LogP contribution in [-0.4, -0.2) is 22.3 Å². The third kappa shape index (κ3) is 6.61. The molecule has 3 rings (SSSR count). The third-order valence-corrected chi connectivity index (χ3v) is 7.85. The second kappa shape index (κ2) is 11.4. The van der Waals surface area contributed by atoms with E-state index in [-0.39, 0.29) is 12.5 Å². The smallest absolute Gasteiger partial charge is 0.303 e. The van der Waals surface area contributed by atoms with Crippen molar-refractivity contribution in [1.82, 2.24) is 0 Å². The zero-order chi connectivity index (χ0) is 20.6. The van der Waals surface area contributed by atoms with Crippen LogP contribution in [0.25, 0.3) is 0 Å². The highest BCUT2D eigenvalue weighted by Crippen LogP contribution is 2.64. The molecule has 5 atom stereocenters. The lowest BCUT2D eigenvalue weighted by atomic mass is 9.42. The fraction of sp³-hybridized carbons (Fsp3) is 0.880. The van der Waals surface area contributed by atoms with Crippen LogP contribution in [0.15, 0.2) is 12.2 Å². The van der Waals surface area contributed by atoms with E-state index in [2.05, 4.69) is 32.9 Å². The molecule has 3 fully saturated rings. The first-order valence-electron chi connectivity index (χ1n) is 11.9. The van der Waals surface area contributed by atoms with E-state index in [1.54, 1.807) is 0 Å². The third-order valence-electron chi connectivity index (χ3n) is 7.85. The molecular weight excluding hydrogens is 348 g/mol. The summed E-state index contributed by atoms with van der Waals surface area (Å²) in [6.45, 7) is 7.14. The Hall–Kier alpha value is -0.830. The molecule has 2 N–H and O–H groups in total. The highest BCUT2D eigenvalue weighted by Gasteiger charge is 2.56. The SMILES string of the molecule is CCCCC[C@H](O)CCC1C[C@@H]2C[C@H]([C@@H]1C/C=C\CCCCC(=O)O)C2(C)C. The molecule has 0 amide bonds. The maximum absolute atomic E-state index is 10.6. The van der Waals surface area contributed by atoms with Gasteiger partial charge in [-0.3, -0.25) is 4.79 Å². The van der Waals surface area contributed by atoms with Crippen LogP contribution < -0.4 is 0 Å². The number of carboxylic acids is 1. The van der Waals surface area contributed by atoms with Crippen LogP contribution >= 0.6 is 0 Å². The summed E-state index contributed by atoms with van der Waals surface area (Å²) in [5.74, 6) is 2.57. The van der Waals surface area contributed by atoms with Crippen molar-refractivity contribution in [3.05, 3.63) is 12.2 Å². The van der Waals surface area contributed by atoms with Crippen LogP contribution in [0, 0.1) is 29.1 Å². The van der Waals surface area contributed by atoms with E-state index < -0.39 is 5.97 Å². The van der Waals surface area contributed by atoms with Gasteiger partial charge in [0.05, 0.1) is 6.10 Å². The van der Waals surface area contributed by atoms with Gasteiger partial charge >= 0.3 is 5.97 Å². The number of aliphatic carboxylic acids is 1. The van der Waals surface area contributed by atoms with Gasteiger partial charge in [-0.05, 0) is 86.9 Å². The molecule has 0 radical (unpaired) electrons. The van der Waals surface area contributed by atoms with Crippen molar-refractivity contribution in [1.29, 1.82) is 0 Å². The first kappa shape index (κ1) is 23.4. The van der Waals surface area contributed by atoms with E-state index in [0.29, 0.717) is 5.41 Å². The summed E-state index contributed by atoms with van der Waals surface area (Å²) in [7, 11) is 0. The molecule has 3 saturated carbocycles. The summed E-state index contributed by atoms with van der Waals surface area (Å²) in [5, 5.41) is 19.1. The zero-order valence-corrected chi connectivity index (χ0v) is 18.5. The standard InChI is InChI=1S/C25H44O3/c1-4-5-9-12-21(26)16-15-19-17-20-18-23(25(20,2)3)22(19)13-10-7-6-8-11-14-24(27)28/h7,10,19-23,26H,4-6,8-9,11-18H2,1-3H3,(H,27,28)/b10-7-/t19?,20-,21+,22-,23-/m1/s1. The van der Waals surface area contributed by atoms with Crippen molar-refractivity contribution < 1.29 is 15.0 Å². The lowest BCUT2D eigenvalue weighted by Gasteiger charge is -2.63. The van der Waals surface area contributed by atoms with E-state index in [1.807, 2.05) is 0 Å². The van der Waals surface area contributed by atoms with E-state index in [4.69, 9.17) is 5.11 Å². The Morgan fingerprint density at radius 1 is 1.11 bits per heavy atom. The molecule has 0 aromatic carbocycles. The Morgan fingerprint density at radius 3 is 2.57 bits per heavy atom. The minimum Gasteiger partial charge on any atom is -0.481 e. The minimum atomic E-state index is -0.687. The second-order valence-corrected chi connectivity index (χ2v) is 10.1. The lowest BCUT2D eigenvalue weighted by molar-refractivity contribution is -0.137. The maximum atomic E-state index is 10.6. The van der Waals surface area contributed by atoms with E-state index in [0.717, 1.165) is 68.6 Å². The summed E-state index contributed by atoms with van der Waals surface area (Å²) < 4.78 is 0. The number of hydrogen-bond acceptors (Lipinski definition) is 2. The Bertz CT molecular complexity index is 496. The quantitative estimate of drug-likeness (QED) is 0.259.